The first-order valence-electron chi connectivity index (χ1n) is 8.16. The zero-order valence-electron chi connectivity index (χ0n) is 13.4. The van der Waals surface area contributed by atoms with E-state index in [1.54, 1.807) is 4.90 Å². The molecule has 2 saturated heterocycles. The van der Waals surface area contributed by atoms with Crippen molar-refractivity contribution in [1.82, 2.24) is 15.5 Å². The summed E-state index contributed by atoms with van der Waals surface area (Å²) in [5.74, 6) is -0.548. The molecular weight excluding hydrogens is 310 g/mol. The van der Waals surface area contributed by atoms with Gasteiger partial charge in [-0.15, -0.1) is 0 Å². The summed E-state index contributed by atoms with van der Waals surface area (Å²) < 4.78 is 5.90. The van der Waals surface area contributed by atoms with E-state index in [0.717, 1.165) is 18.4 Å². The molecule has 1 aromatic carbocycles. The van der Waals surface area contributed by atoms with Gasteiger partial charge in [-0.2, -0.15) is 0 Å². The smallest absolute Gasteiger partial charge is 0.322 e. The van der Waals surface area contributed by atoms with E-state index < -0.39 is 18.0 Å². The van der Waals surface area contributed by atoms with E-state index in [1.165, 1.54) is 0 Å². The minimum Gasteiger partial charge on any atom is -0.373 e. The van der Waals surface area contributed by atoms with Crippen LogP contribution in [0.3, 0.4) is 0 Å². The van der Waals surface area contributed by atoms with E-state index in [2.05, 4.69) is 10.6 Å². The third kappa shape index (κ3) is 4.11. The molecule has 128 valence electrons. The molecule has 1 unspecified atom stereocenters. The number of likely N-dealkylation sites (tertiary alicyclic amines) is 1. The summed E-state index contributed by atoms with van der Waals surface area (Å²) in [4.78, 5) is 36.5. The molecule has 1 atom stereocenters. The van der Waals surface area contributed by atoms with Crippen LogP contribution >= 0.6 is 0 Å². The SMILES string of the molecule is O=C1NC(=O)C(CC(=O)N2CCC(OCc3ccccc3)CC2)N1. The minimum absolute atomic E-state index is 0.00706. The van der Waals surface area contributed by atoms with Gasteiger partial charge in [-0.1, -0.05) is 30.3 Å². The van der Waals surface area contributed by atoms with Gasteiger partial charge in [0.25, 0.3) is 5.91 Å². The lowest BCUT2D eigenvalue weighted by atomic mass is 10.1. The lowest BCUT2D eigenvalue weighted by molar-refractivity contribution is -0.136. The molecule has 2 aliphatic rings. The van der Waals surface area contributed by atoms with Gasteiger partial charge in [0.15, 0.2) is 0 Å². The molecular formula is C17H21N3O4. The lowest BCUT2D eigenvalue weighted by Gasteiger charge is -2.32. The molecule has 7 heteroatoms. The monoisotopic (exact) mass is 331 g/mol. The molecule has 2 N–H and O–H groups in total. The molecule has 2 fully saturated rings. The molecule has 2 aliphatic heterocycles. The Morgan fingerprint density at radius 2 is 1.88 bits per heavy atom. The predicted molar refractivity (Wildman–Crippen MR) is 85.9 cm³/mol. The first-order chi connectivity index (χ1) is 11.6. The topological polar surface area (TPSA) is 87.7 Å². The Morgan fingerprint density at radius 3 is 2.50 bits per heavy atom. The molecule has 0 bridgehead atoms. The van der Waals surface area contributed by atoms with Crippen LogP contribution in [0.4, 0.5) is 4.79 Å². The number of imide groups is 1. The van der Waals surface area contributed by atoms with Crippen LogP contribution in [-0.4, -0.2) is 48.0 Å². The van der Waals surface area contributed by atoms with Gasteiger partial charge in [0.05, 0.1) is 19.1 Å². The van der Waals surface area contributed by atoms with Gasteiger partial charge in [-0.05, 0) is 18.4 Å². The van der Waals surface area contributed by atoms with Crippen molar-refractivity contribution < 1.29 is 19.1 Å². The number of hydrogen-bond acceptors (Lipinski definition) is 4. The zero-order valence-corrected chi connectivity index (χ0v) is 13.4. The van der Waals surface area contributed by atoms with E-state index in [0.29, 0.717) is 19.7 Å². The number of rotatable bonds is 5. The van der Waals surface area contributed by atoms with Crippen molar-refractivity contribution in [3.63, 3.8) is 0 Å². The highest BCUT2D eigenvalue weighted by molar-refractivity contribution is 6.05. The van der Waals surface area contributed by atoms with Crippen molar-refractivity contribution >= 4 is 17.8 Å². The fourth-order valence-electron chi connectivity index (χ4n) is 2.97. The van der Waals surface area contributed by atoms with Crippen molar-refractivity contribution in [3.05, 3.63) is 35.9 Å². The molecule has 7 nitrogen and oxygen atoms in total. The second-order valence-electron chi connectivity index (χ2n) is 6.10. The van der Waals surface area contributed by atoms with Crippen molar-refractivity contribution in [2.24, 2.45) is 0 Å². The Labute approximate surface area is 140 Å². The molecule has 4 amide bonds. The third-order valence-electron chi connectivity index (χ3n) is 4.36. The normalized spacial score (nSPS) is 21.5. The molecule has 2 heterocycles. The maximum absolute atomic E-state index is 12.2. The first kappa shape index (κ1) is 16.4. The van der Waals surface area contributed by atoms with Crippen LogP contribution < -0.4 is 10.6 Å². The standard InChI is InChI=1S/C17H21N3O4/c21-15(10-14-16(22)19-17(23)18-14)20-8-6-13(7-9-20)24-11-12-4-2-1-3-5-12/h1-5,13-14H,6-11H2,(H2,18,19,22,23). The molecule has 1 aromatic rings. The minimum atomic E-state index is -0.753. The van der Waals surface area contributed by atoms with Crippen molar-refractivity contribution in [3.8, 4) is 0 Å². The quantitative estimate of drug-likeness (QED) is 0.781. The van der Waals surface area contributed by atoms with E-state index in [-0.39, 0.29) is 18.4 Å². The van der Waals surface area contributed by atoms with Gasteiger partial charge in [-0.3, -0.25) is 14.9 Å². The summed E-state index contributed by atoms with van der Waals surface area (Å²) in [6, 6.07) is 8.71. The molecule has 3 rings (SSSR count). The third-order valence-corrected chi connectivity index (χ3v) is 4.36. The average molecular weight is 331 g/mol. The van der Waals surface area contributed by atoms with Crippen LogP contribution in [0.2, 0.25) is 0 Å². The molecule has 0 aromatic heterocycles. The number of hydrogen-bond donors (Lipinski definition) is 2. The van der Waals surface area contributed by atoms with Crippen LogP contribution in [0.1, 0.15) is 24.8 Å². The van der Waals surface area contributed by atoms with Crippen molar-refractivity contribution in [1.29, 1.82) is 0 Å². The molecule has 0 radical (unpaired) electrons. The fraction of sp³-hybridized carbons (Fsp3) is 0.471. The highest BCUT2D eigenvalue weighted by Gasteiger charge is 2.33. The average Bonchev–Trinajstić information content (AvgIpc) is 2.91. The van der Waals surface area contributed by atoms with Gasteiger partial charge in [0, 0.05) is 13.1 Å². The number of nitrogens with one attached hydrogen (secondary N) is 2. The van der Waals surface area contributed by atoms with E-state index in [1.807, 2.05) is 30.3 Å². The number of piperidine rings is 1. The Bertz CT molecular complexity index is 612. The molecule has 24 heavy (non-hydrogen) atoms. The lowest BCUT2D eigenvalue weighted by Crippen LogP contribution is -2.44. The largest absolute Gasteiger partial charge is 0.373 e. The highest BCUT2D eigenvalue weighted by Crippen LogP contribution is 2.17. The van der Waals surface area contributed by atoms with Crippen molar-refractivity contribution in [2.75, 3.05) is 13.1 Å². The van der Waals surface area contributed by atoms with Crippen LogP contribution in [0.25, 0.3) is 0 Å². The summed E-state index contributed by atoms with van der Waals surface area (Å²) in [6.45, 7) is 1.80. The Kier molecular flexibility index (Phi) is 5.10. The summed E-state index contributed by atoms with van der Waals surface area (Å²) >= 11 is 0. The summed E-state index contributed by atoms with van der Waals surface area (Å²) in [6.07, 6.45) is 1.71. The Hall–Kier alpha value is -2.41. The van der Waals surface area contributed by atoms with Gasteiger partial charge >= 0.3 is 6.03 Å². The number of amides is 4. The van der Waals surface area contributed by atoms with Crippen LogP contribution in [0, 0.1) is 0 Å². The molecule has 0 saturated carbocycles. The van der Waals surface area contributed by atoms with Crippen molar-refractivity contribution in [2.45, 2.75) is 38.0 Å². The van der Waals surface area contributed by atoms with Crippen LogP contribution in [0.5, 0.6) is 0 Å². The predicted octanol–water partition coefficient (Wildman–Crippen LogP) is 0.792. The Morgan fingerprint density at radius 1 is 1.17 bits per heavy atom. The number of carbonyl (C=O) groups is 3. The molecule has 0 spiro atoms. The van der Waals surface area contributed by atoms with E-state index in [4.69, 9.17) is 4.74 Å². The maximum Gasteiger partial charge on any atom is 0.322 e. The van der Waals surface area contributed by atoms with E-state index in [9.17, 15) is 14.4 Å². The van der Waals surface area contributed by atoms with Gasteiger partial charge in [0.2, 0.25) is 5.91 Å². The second kappa shape index (κ2) is 7.44. The fourth-order valence-corrected chi connectivity index (χ4v) is 2.97. The van der Waals surface area contributed by atoms with Crippen LogP contribution in [-0.2, 0) is 20.9 Å². The summed E-state index contributed by atoms with van der Waals surface area (Å²) in [7, 11) is 0. The maximum atomic E-state index is 12.2. The highest BCUT2D eigenvalue weighted by atomic mass is 16.5. The zero-order chi connectivity index (χ0) is 16.9. The number of benzene rings is 1. The number of carbonyl (C=O) groups excluding carboxylic acids is 3. The number of ether oxygens (including phenoxy) is 1. The number of urea groups is 1. The molecule has 0 aliphatic carbocycles. The second-order valence-corrected chi connectivity index (χ2v) is 6.10. The van der Waals surface area contributed by atoms with Gasteiger partial charge < -0.3 is 15.0 Å². The van der Waals surface area contributed by atoms with E-state index >= 15 is 0 Å². The van der Waals surface area contributed by atoms with Gasteiger partial charge in [0.1, 0.15) is 6.04 Å². The van der Waals surface area contributed by atoms with Crippen LogP contribution in [0.15, 0.2) is 30.3 Å². The first-order valence-corrected chi connectivity index (χ1v) is 8.16. The Balaban J connectivity index is 1.40. The van der Waals surface area contributed by atoms with Gasteiger partial charge in [-0.25, -0.2) is 4.79 Å². The summed E-state index contributed by atoms with van der Waals surface area (Å²) in [5, 5.41) is 4.58. The summed E-state index contributed by atoms with van der Waals surface area (Å²) in [5.41, 5.74) is 1.14. The number of nitrogens with zero attached hydrogens (tertiary/aromatic N) is 1.